The van der Waals surface area contributed by atoms with Gasteiger partial charge in [-0.25, -0.2) is 4.79 Å². The van der Waals surface area contributed by atoms with Gasteiger partial charge in [-0.3, -0.25) is 0 Å². The molecule has 0 saturated heterocycles. The molecule has 2 nitrogen and oxygen atoms in total. The highest BCUT2D eigenvalue weighted by Crippen LogP contribution is 2.36. The monoisotopic (exact) mass is 352 g/mol. The number of benzene rings is 3. The molecule has 0 unspecified atom stereocenters. The number of allylic oxidation sites excluding steroid dienone is 2. The molecular formula is C25H20O2. The molecule has 0 aliphatic heterocycles. The molecular weight excluding hydrogens is 332 g/mol. The van der Waals surface area contributed by atoms with Crippen molar-refractivity contribution in [3.05, 3.63) is 113 Å². The molecule has 132 valence electrons. The predicted octanol–water partition coefficient (Wildman–Crippen LogP) is 5.41. The summed E-state index contributed by atoms with van der Waals surface area (Å²) in [5, 5.41) is 0. The van der Waals surface area contributed by atoms with Gasteiger partial charge in [-0.05, 0) is 40.0 Å². The molecule has 3 aromatic carbocycles. The van der Waals surface area contributed by atoms with Crippen molar-refractivity contribution in [1.29, 1.82) is 0 Å². The average Bonchev–Trinajstić information content (AvgIpc) is 3.08. The number of hydrogen-bond donors (Lipinski definition) is 0. The first-order valence-corrected chi connectivity index (χ1v) is 9.10. The number of esters is 1. The zero-order chi connectivity index (χ0) is 18.5. The molecule has 1 aliphatic carbocycles. The second-order valence-electron chi connectivity index (χ2n) is 6.49. The van der Waals surface area contributed by atoms with Crippen molar-refractivity contribution >= 4 is 23.2 Å². The van der Waals surface area contributed by atoms with Gasteiger partial charge in [0.05, 0.1) is 12.2 Å². The molecule has 0 fully saturated rings. The van der Waals surface area contributed by atoms with E-state index in [9.17, 15) is 4.79 Å². The Hall–Kier alpha value is -3.39. The number of carbonyl (C=O) groups excluding carboxylic acids is 1. The highest BCUT2D eigenvalue weighted by molar-refractivity contribution is 6.24. The van der Waals surface area contributed by atoms with E-state index in [2.05, 4.69) is 18.2 Å². The van der Waals surface area contributed by atoms with Crippen molar-refractivity contribution < 1.29 is 9.53 Å². The van der Waals surface area contributed by atoms with Crippen molar-refractivity contribution in [2.75, 3.05) is 6.61 Å². The first-order valence-electron chi connectivity index (χ1n) is 9.10. The maximum absolute atomic E-state index is 12.7. The summed E-state index contributed by atoms with van der Waals surface area (Å²) in [5.41, 5.74) is 5.93. The Morgan fingerprint density at radius 2 is 1.41 bits per heavy atom. The lowest BCUT2D eigenvalue weighted by molar-refractivity contribution is -0.136. The van der Waals surface area contributed by atoms with Gasteiger partial charge in [-0.15, -0.1) is 0 Å². The molecule has 0 radical (unpaired) electrons. The van der Waals surface area contributed by atoms with Gasteiger partial charge in [0.1, 0.15) is 0 Å². The lowest BCUT2D eigenvalue weighted by Crippen LogP contribution is -2.09. The minimum Gasteiger partial charge on any atom is -0.462 e. The topological polar surface area (TPSA) is 26.3 Å². The minimum atomic E-state index is -0.269. The van der Waals surface area contributed by atoms with Gasteiger partial charge in [0, 0.05) is 6.42 Å². The van der Waals surface area contributed by atoms with Crippen LogP contribution in [0.4, 0.5) is 0 Å². The van der Waals surface area contributed by atoms with Crippen molar-refractivity contribution in [3.8, 4) is 0 Å². The molecule has 1 aliphatic rings. The normalized spacial score (nSPS) is 13.9. The van der Waals surface area contributed by atoms with Crippen LogP contribution in [0.1, 0.15) is 22.3 Å². The van der Waals surface area contributed by atoms with Crippen LogP contribution in [-0.2, 0) is 16.0 Å². The van der Waals surface area contributed by atoms with Crippen LogP contribution in [0, 0.1) is 0 Å². The number of fused-ring (bicyclic) bond motifs is 1. The summed E-state index contributed by atoms with van der Waals surface area (Å²) in [6.07, 6.45) is 4.75. The van der Waals surface area contributed by atoms with Gasteiger partial charge < -0.3 is 4.74 Å². The third kappa shape index (κ3) is 3.90. The van der Waals surface area contributed by atoms with Crippen molar-refractivity contribution in [1.82, 2.24) is 0 Å². The fourth-order valence-electron chi connectivity index (χ4n) is 3.28. The third-order valence-corrected chi connectivity index (χ3v) is 4.64. The van der Waals surface area contributed by atoms with Crippen LogP contribution >= 0.6 is 0 Å². The molecule has 27 heavy (non-hydrogen) atoms. The maximum atomic E-state index is 12.7. The van der Waals surface area contributed by atoms with Crippen LogP contribution in [0.25, 0.3) is 17.2 Å². The van der Waals surface area contributed by atoms with Gasteiger partial charge >= 0.3 is 5.97 Å². The summed E-state index contributed by atoms with van der Waals surface area (Å²) in [6.45, 7) is 0.375. The highest BCUT2D eigenvalue weighted by atomic mass is 16.5. The summed E-state index contributed by atoms with van der Waals surface area (Å²) in [7, 11) is 0. The Labute approximate surface area is 159 Å². The number of rotatable bonds is 5. The van der Waals surface area contributed by atoms with Crippen molar-refractivity contribution in [3.63, 3.8) is 0 Å². The van der Waals surface area contributed by atoms with Gasteiger partial charge in [0.15, 0.2) is 0 Å². The number of ether oxygens (including phenoxy) is 1. The van der Waals surface area contributed by atoms with E-state index in [1.165, 1.54) is 0 Å². The van der Waals surface area contributed by atoms with E-state index < -0.39 is 0 Å². The van der Waals surface area contributed by atoms with E-state index in [4.69, 9.17) is 4.74 Å². The lowest BCUT2D eigenvalue weighted by atomic mass is 10.0. The van der Waals surface area contributed by atoms with Gasteiger partial charge in [0.25, 0.3) is 0 Å². The summed E-state index contributed by atoms with van der Waals surface area (Å²) < 4.78 is 5.55. The second kappa shape index (κ2) is 7.88. The van der Waals surface area contributed by atoms with Crippen LogP contribution in [-0.4, -0.2) is 12.6 Å². The molecule has 0 amide bonds. The number of hydrogen-bond acceptors (Lipinski definition) is 2. The van der Waals surface area contributed by atoms with Gasteiger partial charge in [-0.2, -0.15) is 0 Å². The summed E-state index contributed by atoms with van der Waals surface area (Å²) in [4.78, 5) is 12.7. The molecule has 0 atom stereocenters. The fourth-order valence-corrected chi connectivity index (χ4v) is 3.28. The maximum Gasteiger partial charge on any atom is 0.338 e. The van der Waals surface area contributed by atoms with E-state index in [1.807, 2.05) is 78.9 Å². The van der Waals surface area contributed by atoms with E-state index >= 15 is 0 Å². The Bertz CT molecular complexity index is 999. The van der Waals surface area contributed by atoms with Gasteiger partial charge in [0.2, 0.25) is 0 Å². The molecule has 2 heteroatoms. The Kier molecular flexibility index (Phi) is 4.97. The largest absolute Gasteiger partial charge is 0.462 e. The molecule has 0 saturated carbocycles. The third-order valence-electron chi connectivity index (χ3n) is 4.64. The summed E-state index contributed by atoms with van der Waals surface area (Å²) >= 11 is 0. The molecule has 3 aromatic rings. The van der Waals surface area contributed by atoms with Crippen molar-refractivity contribution in [2.24, 2.45) is 0 Å². The zero-order valence-electron chi connectivity index (χ0n) is 15.0. The van der Waals surface area contributed by atoms with Crippen LogP contribution in [0.3, 0.4) is 0 Å². The first-order chi connectivity index (χ1) is 13.3. The van der Waals surface area contributed by atoms with Crippen molar-refractivity contribution in [2.45, 2.75) is 6.42 Å². The van der Waals surface area contributed by atoms with E-state index in [-0.39, 0.29) is 5.97 Å². The quantitative estimate of drug-likeness (QED) is 0.574. The SMILES string of the molecule is O=C(OCCc1ccccc1)C1=C/C(=C\c2ccccc2)c2ccccc21. The lowest BCUT2D eigenvalue weighted by Gasteiger charge is -2.07. The fraction of sp³-hybridized carbons (Fsp3) is 0.0800. The zero-order valence-corrected chi connectivity index (χ0v) is 15.0. The van der Waals surface area contributed by atoms with Crippen LogP contribution in [0.15, 0.2) is 91.0 Å². The Morgan fingerprint density at radius 3 is 2.15 bits per heavy atom. The van der Waals surface area contributed by atoms with Crippen LogP contribution in [0.2, 0.25) is 0 Å². The predicted molar refractivity (Wildman–Crippen MR) is 110 cm³/mol. The molecule has 0 spiro atoms. The van der Waals surface area contributed by atoms with E-state index in [0.717, 1.165) is 27.8 Å². The molecule has 0 aromatic heterocycles. The number of carbonyl (C=O) groups is 1. The standard InChI is InChI=1S/C25H20O2/c26-25(27-16-15-19-9-3-1-4-10-19)24-18-21(17-20-11-5-2-6-12-20)22-13-7-8-14-23(22)24/h1-14,17-18H,15-16H2/b21-17+. The Morgan fingerprint density at radius 1 is 0.778 bits per heavy atom. The van der Waals surface area contributed by atoms with E-state index in [1.54, 1.807) is 0 Å². The van der Waals surface area contributed by atoms with Gasteiger partial charge in [-0.1, -0.05) is 84.9 Å². The van der Waals surface area contributed by atoms with E-state index in [0.29, 0.717) is 18.6 Å². The Balaban J connectivity index is 1.53. The minimum absolute atomic E-state index is 0.269. The second-order valence-corrected chi connectivity index (χ2v) is 6.49. The smallest absolute Gasteiger partial charge is 0.338 e. The summed E-state index contributed by atoms with van der Waals surface area (Å²) in [5.74, 6) is -0.269. The van der Waals surface area contributed by atoms with Crippen LogP contribution in [0.5, 0.6) is 0 Å². The molecule has 0 heterocycles. The average molecular weight is 352 g/mol. The van der Waals surface area contributed by atoms with Crippen LogP contribution < -0.4 is 0 Å². The highest BCUT2D eigenvalue weighted by Gasteiger charge is 2.24. The molecule has 0 N–H and O–H groups in total. The molecule has 0 bridgehead atoms. The molecule has 4 rings (SSSR count). The first kappa shape index (κ1) is 17.0. The summed E-state index contributed by atoms with van der Waals surface area (Å²) in [6, 6.07) is 28.1.